The van der Waals surface area contributed by atoms with E-state index >= 15 is 0 Å². The second-order valence-electron chi connectivity index (χ2n) is 12.4. The van der Waals surface area contributed by atoms with Crippen molar-refractivity contribution >= 4 is 24.2 Å². The van der Waals surface area contributed by atoms with Crippen molar-refractivity contribution in [2.75, 3.05) is 13.2 Å². The predicted molar refractivity (Wildman–Crippen MR) is 154 cm³/mol. The average molecular weight is 588 g/mol. The highest BCUT2D eigenvalue weighted by Crippen LogP contribution is 2.35. The van der Waals surface area contributed by atoms with Gasteiger partial charge in [-0.1, -0.05) is 65.8 Å². The predicted octanol–water partition coefficient (Wildman–Crippen LogP) is 5.94. The van der Waals surface area contributed by atoms with Crippen LogP contribution in [0.25, 0.3) is 0 Å². The minimum atomic E-state index is -1.41. The van der Waals surface area contributed by atoms with Crippen molar-refractivity contribution in [3.05, 3.63) is 59.7 Å². The highest BCUT2D eigenvalue weighted by atomic mass is 16.7. The third-order valence-corrected chi connectivity index (χ3v) is 5.65. The third kappa shape index (κ3) is 11.8. The largest absolute Gasteiger partial charge is 0.513 e. The molecule has 0 aliphatic carbocycles. The molecule has 0 saturated heterocycles. The Morgan fingerprint density at radius 2 is 1.33 bits per heavy atom. The van der Waals surface area contributed by atoms with Crippen molar-refractivity contribution in [2.45, 2.75) is 73.0 Å². The van der Waals surface area contributed by atoms with Crippen LogP contribution < -0.4 is 15.2 Å². The van der Waals surface area contributed by atoms with Crippen LogP contribution in [0.3, 0.4) is 0 Å². The van der Waals surface area contributed by atoms with E-state index < -0.39 is 42.3 Å². The Kier molecular flexibility index (Phi) is 11.9. The van der Waals surface area contributed by atoms with E-state index in [4.69, 9.17) is 29.4 Å². The highest BCUT2D eigenvalue weighted by Gasteiger charge is 2.31. The summed E-state index contributed by atoms with van der Waals surface area (Å²) in [5, 5.41) is 9.72. The van der Waals surface area contributed by atoms with E-state index in [1.54, 1.807) is 37.3 Å². The Bertz CT molecular complexity index is 1230. The number of carboxylic acid groups (broad SMARTS) is 1. The minimum absolute atomic E-state index is 0.0216. The van der Waals surface area contributed by atoms with Gasteiger partial charge in [-0.3, -0.25) is 4.79 Å². The zero-order chi connectivity index (χ0) is 31.7. The fourth-order valence-corrected chi connectivity index (χ4v) is 3.60. The van der Waals surface area contributed by atoms with E-state index in [0.29, 0.717) is 11.1 Å². The van der Waals surface area contributed by atoms with Crippen LogP contribution in [0.15, 0.2) is 48.5 Å². The summed E-state index contributed by atoms with van der Waals surface area (Å²) in [7, 11) is 0. The topological polar surface area (TPSA) is 161 Å². The van der Waals surface area contributed by atoms with Gasteiger partial charge in [0.15, 0.2) is 11.5 Å². The summed E-state index contributed by atoms with van der Waals surface area (Å²) in [6.07, 6.45) is -2.80. The van der Waals surface area contributed by atoms with Gasteiger partial charge in [-0.25, -0.2) is 14.4 Å². The van der Waals surface area contributed by atoms with Gasteiger partial charge in [0.1, 0.15) is 12.1 Å². The van der Waals surface area contributed by atoms with Gasteiger partial charge in [0.2, 0.25) is 0 Å². The molecule has 11 nitrogen and oxygen atoms in total. The minimum Gasteiger partial charge on any atom is -0.480 e. The van der Waals surface area contributed by atoms with Crippen molar-refractivity contribution in [3.8, 4) is 11.5 Å². The summed E-state index contributed by atoms with van der Waals surface area (Å²) in [6, 6.07) is 11.1. The lowest BCUT2D eigenvalue weighted by atomic mass is 9.87. The summed E-state index contributed by atoms with van der Waals surface area (Å²) < 4.78 is 26.6. The molecule has 11 heteroatoms. The zero-order valence-electron chi connectivity index (χ0n) is 25.2. The smallest absolute Gasteiger partial charge is 0.480 e. The molecule has 2 aromatic carbocycles. The Morgan fingerprint density at radius 1 is 0.810 bits per heavy atom. The van der Waals surface area contributed by atoms with E-state index in [9.17, 15) is 24.3 Å². The number of carbonyl (C=O) groups is 4. The number of hydrogen-bond donors (Lipinski definition) is 2. The average Bonchev–Trinajstić information content (AvgIpc) is 2.89. The van der Waals surface area contributed by atoms with Crippen LogP contribution >= 0.6 is 0 Å². The monoisotopic (exact) mass is 587 g/mol. The first-order valence-corrected chi connectivity index (χ1v) is 13.5. The van der Waals surface area contributed by atoms with Crippen LogP contribution in [-0.2, 0) is 19.0 Å². The van der Waals surface area contributed by atoms with Crippen LogP contribution in [0.2, 0.25) is 0 Å². The molecule has 2 unspecified atom stereocenters. The zero-order valence-corrected chi connectivity index (χ0v) is 25.2. The number of carbonyl (C=O) groups excluding carboxylic acids is 3. The summed E-state index contributed by atoms with van der Waals surface area (Å²) >= 11 is 0. The lowest BCUT2D eigenvalue weighted by molar-refractivity contribution is -0.139. The molecule has 0 fully saturated rings. The van der Waals surface area contributed by atoms with Gasteiger partial charge in [0.25, 0.3) is 0 Å². The first-order chi connectivity index (χ1) is 19.4. The van der Waals surface area contributed by atoms with Crippen LogP contribution in [0.5, 0.6) is 11.5 Å². The molecule has 0 saturated carbocycles. The summed E-state index contributed by atoms with van der Waals surface area (Å²) in [5.74, 6) is -3.13. The fourth-order valence-electron chi connectivity index (χ4n) is 3.60. The quantitative estimate of drug-likeness (QED) is 0.182. The van der Waals surface area contributed by atoms with Crippen molar-refractivity contribution in [1.82, 2.24) is 0 Å². The second kappa shape index (κ2) is 14.7. The van der Waals surface area contributed by atoms with E-state index in [2.05, 4.69) is 0 Å². The van der Waals surface area contributed by atoms with Crippen LogP contribution in [-0.4, -0.2) is 54.7 Å². The lowest BCUT2D eigenvalue weighted by Crippen LogP contribution is -2.38. The summed E-state index contributed by atoms with van der Waals surface area (Å²) in [6.45, 7) is 13.0. The maximum absolute atomic E-state index is 12.5. The van der Waals surface area contributed by atoms with Gasteiger partial charge in [0, 0.05) is 5.92 Å². The van der Waals surface area contributed by atoms with Crippen LogP contribution in [0.4, 0.5) is 9.59 Å². The van der Waals surface area contributed by atoms with Gasteiger partial charge in [-0.2, -0.15) is 0 Å². The van der Waals surface area contributed by atoms with Crippen molar-refractivity contribution in [1.29, 1.82) is 0 Å². The van der Waals surface area contributed by atoms with Crippen molar-refractivity contribution < 1.29 is 48.0 Å². The first-order valence-electron chi connectivity index (χ1n) is 13.5. The van der Waals surface area contributed by atoms with Gasteiger partial charge in [0.05, 0.1) is 18.8 Å². The molecule has 0 radical (unpaired) electrons. The molecule has 0 aliphatic heterocycles. The maximum Gasteiger partial charge on any atom is 0.513 e. The number of esters is 1. The molecule has 0 amide bonds. The molecule has 3 N–H and O–H groups in total. The van der Waals surface area contributed by atoms with Crippen LogP contribution in [0.1, 0.15) is 76.7 Å². The van der Waals surface area contributed by atoms with Crippen LogP contribution in [0, 0.1) is 10.8 Å². The van der Waals surface area contributed by atoms with E-state index in [1.807, 2.05) is 41.5 Å². The van der Waals surface area contributed by atoms with Gasteiger partial charge in [-0.15, -0.1) is 0 Å². The molecule has 230 valence electrons. The SMILES string of the molecule is CC(CC(c1ccc(OC(=O)OCC(C)(C)C)c(OC(=O)OCC(C)(C)C)c1)[C@H](N)C(=O)O)OC(=O)c1ccccc1. The number of benzene rings is 2. The normalized spacial score (nSPS) is 13.7. The fraction of sp³-hybridized carbons (Fsp3) is 0.484. The van der Waals surface area contributed by atoms with E-state index in [-0.39, 0.29) is 42.0 Å². The van der Waals surface area contributed by atoms with Gasteiger partial charge < -0.3 is 34.5 Å². The highest BCUT2D eigenvalue weighted by molar-refractivity contribution is 5.89. The molecule has 0 aromatic heterocycles. The number of nitrogens with two attached hydrogens (primary N) is 1. The molecule has 42 heavy (non-hydrogen) atoms. The number of rotatable bonds is 11. The second-order valence-corrected chi connectivity index (χ2v) is 12.4. The number of aliphatic carboxylic acids is 1. The lowest BCUT2D eigenvalue weighted by Gasteiger charge is -2.25. The molecular formula is C31H41NO10. The van der Waals surface area contributed by atoms with E-state index in [0.717, 1.165) is 0 Å². The Labute approximate surface area is 246 Å². The molecule has 0 heterocycles. The molecule has 3 atom stereocenters. The Morgan fingerprint density at radius 3 is 1.83 bits per heavy atom. The van der Waals surface area contributed by atoms with Crippen molar-refractivity contribution in [3.63, 3.8) is 0 Å². The maximum atomic E-state index is 12.5. The third-order valence-electron chi connectivity index (χ3n) is 5.65. The Hall–Kier alpha value is -4.12. The molecule has 2 rings (SSSR count). The first kappa shape index (κ1) is 34.1. The van der Waals surface area contributed by atoms with Crippen molar-refractivity contribution in [2.24, 2.45) is 16.6 Å². The van der Waals surface area contributed by atoms with E-state index in [1.165, 1.54) is 18.2 Å². The number of carboxylic acids is 1. The number of hydrogen-bond acceptors (Lipinski definition) is 10. The molecule has 0 bridgehead atoms. The molecular weight excluding hydrogens is 546 g/mol. The molecule has 0 spiro atoms. The standard InChI is InChI=1S/C31H41NO10/c1-19(40-27(35)20-11-9-8-10-12-20)15-22(25(32)26(33)34)21-13-14-23(41-28(36)38-17-30(2,3)4)24(16-21)42-29(37)39-18-31(5,6)7/h8-14,16,19,22,25H,15,17-18,32H2,1-7H3,(H,33,34)/t19?,22?,25-/m0/s1. The molecule has 2 aromatic rings. The summed E-state index contributed by atoms with van der Waals surface area (Å²) in [5.41, 5.74) is 6.06. The van der Waals surface area contributed by atoms with Gasteiger partial charge >= 0.3 is 24.2 Å². The van der Waals surface area contributed by atoms with Gasteiger partial charge in [-0.05, 0) is 54.0 Å². The molecule has 0 aliphatic rings. The summed E-state index contributed by atoms with van der Waals surface area (Å²) in [4.78, 5) is 49.4. The number of ether oxygens (including phenoxy) is 5. The Balaban J connectivity index is 2.36.